The van der Waals surface area contributed by atoms with Crippen molar-refractivity contribution in [1.82, 2.24) is 5.32 Å². The van der Waals surface area contributed by atoms with Crippen LogP contribution in [0.1, 0.15) is 31.1 Å². The molecule has 0 radical (unpaired) electrons. The zero-order chi connectivity index (χ0) is 39.3. The molecule has 0 spiro atoms. The number of nitrogens with one attached hydrogen (secondary N) is 2. The maximum Gasteiger partial charge on any atom is 0.337 e. The number of nitrogen functional groups attached to an aromatic ring is 1. The molecule has 3 saturated heterocycles. The first-order chi connectivity index (χ1) is 26.8. The number of nitrogens with two attached hydrogens (primary N) is 1. The summed E-state index contributed by atoms with van der Waals surface area (Å²) in [5.41, 5.74) is 11.0. The Bertz CT molecular complexity index is 1730. The van der Waals surface area contributed by atoms with Crippen molar-refractivity contribution in [3.05, 3.63) is 118 Å². The summed E-state index contributed by atoms with van der Waals surface area (Å²) in [6.45, 7) is 10.4. The summed E-state index contributed by atoms with van der Waals surface area (Å²) < 4.78 is 25.8. The fourth-order valence-electron chi connectivity index (χ4n) is 5.42. The minimum atomic E-state index is -0.308. The van der Waals surface area contributed by atoms with Crippen LogP contribution in [0.25, 0.3) is 0 Å². The number of esters is 2. The number of amides is 1. The summed E-state index contributed by atoms with van der Waals surface area (Å²) in [6, 6.07) is 29.3. The van der Waals surface area contributed by atoms with E-state index < -0.39 is 0 Å². The number of rotatable bonds is 6. The van der Waals surface area contributed by atoms with Crippen LogP contribution in [0.3, 0.4) is 0 Å². The molecule has 0 aromatic heterocycles. The Morgan fingerprint density at radius 3 is 1.44 bits per heavy atom. The molecule has 4 aromatic rings. The van der Waals surface area contributed by atoms with Crippen molar-refractivity contribution in [2.45, 2.75) is 0 Å². The first-order valence-electron chi connectivity index (χ1n) is 18.0. The topological polar surface area (TPSA) is 154 Å². The van der Waals surface area contributed by atoms with E-state index >= 15 is 0 Å². The van der Waals surface area contributed by atoms with E-state index in [-0.39, 0.29) is 17.8 Å². The standard InChI is InChI=1S/C17H19N3O2.C12H15NO3.C8H7BrO2.C4H9NO/c18-15-3-1-2-4-16(15)19-17(21)13-5-7-14(8-6-13)20-9-11-22-12-10-20;1-15-12(14)10-2-4-11(5-3-10)13-6-8-16-9-7-13;1-11-8(10)6-2-4-7(9)5-3-6;1-3-6-4-2-5-1/h1-8H,9-12,18H2,(H,19,21);2-5H,6-9H2,1H3;2-5H,1H3;5H,1-4H2. The number of hydrogen-bond donors (Lipinski definition) is 3. The van der Waals surface area contributed by atoms with E-state index in [1.807, 2.05) is 48.5 Å². The number of carbonyl (C=O) groups is 3. The third-order valence-corrected chi connectivity index (χ3v) is 9.02. The van der Waals surface area contributed by atoms with Gasteiger partial charge in [0.25, 0.3) is 5.91 Å². The zero-order valence-corrected chi connectivity index (χ0v) is 32.9. The summed E-state index contributed by atoms with van der Waals surface area (Å²) >= 11 is 3.26. The molecule has 3 fully saturated rings. The summed E-state index contributed by atoms with van der Waals surface area (Å²) in [7, 11) is 2.75. The number of morpholine rings is 3. The van der Waals surface area contributed by atoms with Gasteiger partial charge in [-0.25, -0.2) is 9.59 Å². The van der Waals surface area contributed by atoms with Crippen molar-refractivity contribution >= 4 is 56.5 Å². The summed E-state index contributed by atoms with van der Waals surface area (Å²) in [5.74, 6) is -0.766. The van der Waals surface area contributed by atoms with Crippen molar-refractivity contribution in [2.24, 2.45) is 0 Å². The normalized spacial score (nSPS) is 15.0. The predicted octanol–water partition coefficient (Wildman–Crippen LogP) is 5.51. The summed E-state index contributed by atoms with van der Waals surface area (Å²) in [4.78, 5) is 38.9. The van der Waals surface area contributed by atoms with Gasteiger partial charge in [0.1, 0.15) is 0 Å². The largest absolute Gasteiger partial charge is 0.465 e. The number of nitrogens with zero attached hydrogens (tertiary/aromatic N) is 2. The number of ether oxygens (including phenoxy) is 5. The lowest BCUT2D eigenvalue weighted by atomic mass is 10.1. The van der Waals surface area contributed by atoms with Gasteiger partial charge in [0, 0.05) is 60.7 Å². The molecule has 4 aromatic carbocycles. The van der Waals surface area contributed by atoms with Crippen LogP contribution in [0, 0.1) is 0 Å². The van der Waals surface area contributed by atoms with Crippen LogP contribution in [0.4, 0.5) is 22.7 Å². The maximum absolute atomic E-state index is 12.3. The van der Waals surface area contributed by atoms with E-state index in [0.717, 1.165) is 94.8 Å². The van der Waals surface area contributed by atoms with Crippen LogP contribution >= 0.6 is 15.9 Å². The summed E-state index contributed by atoms with van der Waals surface area (Å²) in [5, 5.41) is 5.99. The summed E-state index contributed by atoms with van der Waals surface area (Å²) in [6.07, 6.45) is 0. The molecular weight excluding hydrogens is 770 g/mol. The number of anilines is 4. The third-order valence-electron chi connectivity index (χ3n) is 8.49. The Hall–Kier alpha value is -4.99. The second-order valence-electron chi connectivity index (χ2n) is 12.2. The predicted molar refractivity (Wildman–Crippen MR) is 218 cm³/mol. The highest BCUT2D eigenvalue weighted by Gasteiger charge is 2.14. The lowest BCUT2D eigenvalue weighted by Crippen LogP contribution is -2.36. The van der Waals surface area contributed by atoms with E-state index in [1.54, 1.807) is 48.5 Å². The molecule has 0 aliphatic carbocycles. The molecule has 0 bridgehead atoms. The molecule has 0 unspecified atom stereocenters. The second kappa shape index (κ2) is 23.7. The van der Waals surface area contributed by atoms with Gasteiger partial charge in [-0.2, -0.15) is 0 Å². The smallest absolute Gasteiger partial charge is 0.337 e. The van der Waals surface area contributed by atoms with Gasteiger partial charge in [-0.05, 0) is 84.9 Å². The Labute approximate surface area is 331 Å². The van der Waals surface area contributed by atoms with Crippen LogP contribution in [-0.2, 0) is 23.7 Å². The Kier molecular flexibility index (Phi) is 18.4. The van der Waals surface area contributed by atoms with E-state index in [2.05, 4.69) is 45.8 Å². The van der Waals surface area contributed by atoms with Crippen LogP contribution in [0.15, 0.2) is 102 Å². The van der Waals surface area contributed by atoms with Gasteiger partial charge < -0.3 is 49.9 Å². The number of hydrogen-bond acceptors (Lipinski definition) is 12. The molecule has 3 aliphatic heterocycles. The molecule has 0 saturated carbocycles. The Balaban J connectivity index is 0.000000178. The van der Waals surface area contributed by atoms with Gasteiger partial charge in [-0.15, -0.1) is 0 Å². The zero-order valence-electron chi connectivity index (χ0n) is 31.3. The van der Waals surface area contributed by atoms with Crippen LogP contribution in [0.5, 0.6) is 0 Å². The Morgan fingerprint density at radius 1 is 0.618 bits per heavy atom. The Morgan fingerprint density at radius 2 is 1.04 bits per heavy atom. The first kappa shape index (κ1) is 42.7. The van der Waals surface area contributed by atoms with Gasteiger partial charge in [-0.1, -0.05) is 28.1 Å². The molecule has 7 rings (SSSR count). The van der Waals surface area contributed by atoms with E-state index in [0.29, 0.717) is 28.1 Å². The first-order valence-corrected chi connectivity index (χ1v) is 18.8. The number of halogens is 1. The van der Waals surface area contributed by atoms with Crippen LogP contribution < -0.4 is 26.2 Å². The third kappa shape index (κ3) is 14.6. The molecular formula is C41H50BrN5O8. The van der Waals surface area contributed by atoms with Crippen molar-refractivity contribution in [1.29, 1.82) is 0 Å². The second-order valence-corrected chi connectivity index (χ2v) is 13.1. The molecule has 3 heterocycles. The quantitative estimate of drug-likeness (QED) is 0.166. The SMILES string of the molecule is C1COCCN1.COC(=O)c1ccc(Br)cc1.COC(=O)c1ccc(N2CCOCC2)cc1.Nc1ccccc1NC(=O)c1ccc(N2CCOCC2)cc1. The van der Waals surface area contributed by atoms with Gasteiger partial charge in [0.2, 0.25) is 0 Å². The highest BCUT2D eigenvalue weighted by atomic mass is 79.9. The van der Waals surface area contributed by atoms with Crippen molar-refractivity contribution in [2.75, 3.05) is 114 Å². The number of para-hydroxylation sites is 2. The number of benzene rings is 4. The molecule has 1 amide bonds. The van der Waals surface area contributed by atoms with Gasteiger partial charge in [-0.3, -0.25) is 4.79 Å². The van der Waals surface area contributed by atoms with Gasteiger partial charge >= 0.3 is 11.9 Å². The monoisotopic (exact) mass is 819 g/mol. The molecule has 0 atom stereocenters. The lowest BCUT2D eigenvalue weighted by molar-refractivity contribution is 0.0592. The molecule has 294 valence electrons. The van der Waals surface area contributed by atoms with Gasteiger partial charge in [0.15, 0.2) is 0 Å². The maximum atomic E-state index is 12.3. The average molecular weight is 821 g/mol. The van der Waals surface area contributed by atoms with Crippen LogP contribution in [0.2, 0.25) is 0 Å². The molecule has 3 aliphatic rings. The lowest BCUT2D eigenvalue weighted by Gasteiger charge is -2.28. The molecule has 14 heteroatoms. The molecule has 13 nitrogen and oxygen atoms in total. The van der Waals surface area contributed by atoms with E-state index in [1.165, 1.54) is 14.2 Å². The van der Waals surface area contributed by atoms with Gasteiger partial charge in [0.05, 0.1) is 76.4 Å². The molecule has 4 N–H and O–H groups in total. The number of carbonyl (C=O) groups excluding carboxylic acids is 3. The fourth-order valence-corrected chi connectivity index (χ4v) is 5.68. The minimum Gasteiger partial charge on any atom is -0.465 e. The van der Waals surface area contributed by atoms with Crippen LogP contribution in [-0.4, -0.2) is 111 Å². The van der Waals surface area contributed by atoms with Crippen molar-refractivity contribution in [3.63, 3.8) is 0 Å². The van der Waals surface area contributed by atoms with Crippen molar-refractivity contribution < 1.29 is 38.1 Å². The average Bonchev–Trinajstić information content (AvgIpc) is 3.26. The van der Waals surface area contributed by atoms with Crippen molar-refractivity contribution in [3.8, 4) is 0 Å². The van der Waals surface area contributed by atoms with E-state index in [9.17, 15) is 14.4 Å². The molecule has 55 heavy (non-hydrogen) atoms. The highest BCUT2D eigenvalue weighted by molar-refractivity contribution is 9.10. The van der Waals surface area contributed by atoms with E-state index in [4.69, 9.17) is 19.9 Å². The number of methoxy groups -OCH3 is 2. The fraction of sp³-hybridized carbons (Fsp3) is 0.341. The highest BCUT2D eigenvalue weighted by Crippen LogP contribution is 2.21. The minimum absolute atomic E-state index is 0.161.